The van der Waals surface area contributed by atoms with Crippen LogP contribution in [0.25, 0.3) is 0 Å². The minimum atomic E-state index is 0.567. The van der Waals surface area contributed by atoms with Crippen LogP contribution >= 0.6 is 15.9 Å². The zero-order chi connectivity index (χ0) is 13.4. The molecule has 4 heteroatoms. The molecule has 2 fully saturated rings. The Balaban J connectivity index is 1.72. The van der Waals surface area contributed by atoms with Gasteiger partial charge in [0.15, 0.2) is 0 Å². The number of rotatable bonds is 2. The molecule has 1 aromatic rings. The van der Waals surface area contributed by atoms with Crippen molar-refractivity contribution in [3.63, 3.8) is 0 Å². The number of aromatic nitrogens is 1. The molecule has 0 saturated carbocycles. The smallest absolute Gasteiger partial charge is 0.140 e. The van der Waals surface area contributed by atoms with Gasteiger partial charge in [-0.05, 0) is 67.2 Å². The molecule has 1 aromatic heterocycles. The molecule has 2 atom stereocenters. The van der Waals surface area contributed by atoms with Crippen LogP contribution in [0, 0.1) is 6.92 Å². The average Bonchev–Trinajstić information content (AvgIpc) is 2.36. The fraction of sp³-hybridized carbons (Fsp3) is 0.667. The van der Waals surface area contributed by atoms with Crippen LogP contribution in [0.2, 0.25) is 0 Å². The van der Waals surface area contributed by atoms with E-state index < -0.39 is 0 Å². The SMILES string of the molecule is Cc1ccnc(NC2CC3CCCC(C2)N3C)c1Br. The Hall–Kier alpha value is -0.610. The van der Waals surface area contributed by atoms with Crippen LogP contribution < -0.4 is 5.32 Å². The lowest BCUT2D eigenvalue weighted by Crippen LogP contribution is -2.52. The second kappa shape index (κ2) is 5.41. The first-order chi connectivity index (χ1) is 9.15. The van der Waals surface area contributed by atoms with Gasteiger partial charge in [0.2, 0.25) is 0 Å². The quantitative estimate of drug-likeness (QED) is 0.901. The summed E-state index contributed by atoms with van der Waals surface area (Å²) in [7, 11) is 2.30. The molecule has 3 heterocycles. The van der Waals surface area contributed by atoms with Crippen molar-refractivity contribution >= 4 is 21.7 Å². The molecule has 0 aliphatic carbocycles. The molecule has 2 saturated heterocycles. The Morgan fingerprint density at radius 2 is 2.00 bits per heavy atom. The Labute approximate surface area is 123 Å². The highest BCUT2D eigenvalue weighted by atomic mass is 79.9. The van der Waals surface area contributed by atoms with E-state index in [1.54, 1.807) is 0 Å². The number of piperidine rings is 2. The first-order valence-corrected chi connectivity index (χ1v) is 8.04. The van der Waals surface area contributed by atoms with Gasteiger partial charge in [0.05, 0.1) is 4.47 Å². The van der Waals surface area contributed by atoms with Gasteiger partial charge < -0.3 is 10.2 Å². The van der Waals surface area contributed by atoms with Crippen LogP contribution in [0.3, 0.4) is 0 Å². The van der Waals surface area contributed by atoms with Crippen molar-refractivity contribution in [1.82, 2.24) is 9.88 Å². The molecule has 104 valence electrons. The van der Waals surface area contributed by atoms with Crippen molar-refractivity contribution in [3.8, 4) is 0 Å². The maximum absolute atomic E-state index is 4.47. The Bertz CT molecular complexity index is 449. The van der Waals surface area contributed by atoms with E-state index in [2.05, 4.69) is 45.1 Å². The van der Waals surface area contributed by atoms with Crippen molar-refractivity contribution in [2.24, 2.45) is 0 Å². The summed E-state index contributed by atoms with van der Waals surface area (Å²) in [6.45, 7) is 2.11. The van der Waals surface area contributed by atoms with E-state index in [0.717, 1.165) is 22.4 Å². The number of anilines is 1. The minimum absolute atomic E-state index is 0.567. The first-order valence-electron chi connectivity index (χ1n) is 7.24. The fourth-order valence-corrected chi connectivity index (χ4v) is 3.92. The van der Waals surface area contributed by atoms with E-state index in [9.17, 15) is 0 Å². The van der Waals surface area contributed by atoms with E-state index >= 15 is 0 Å². The van der Waals surface area contributed by atoms with Gasteiger partial charge in [0.25, 0.3) is 0 Å². The number of aryl methyl sites for hydroxylation is 1. The number of nitrogens with zero attached hydrogens (tertiary/aromatic N) is 2. The third kappa shape index (κ3) is 2.65. The van der Waals surface area contributed by atoms with E-state index in [1.807, 2.05) is 12.3 Å². The van der Waals surface area contributed by atoms with Gasteiger partial charge >= 0.3 is 0 Å². The summed E-state index contributed by atoms with van der Waals surface area (Å²) in [5.41, 5.74) is 1.24. The Kier molecular flexibility index (Phi) is 3.81. The normalized spacial score (nSPS) is 31.2. The number of hydrogen-bond acceptors (Lipinski definition) is 3. The number of fused-ring (bicyclic) bond motifs is 2. The second-order valence-electron chi connectivity index (χ2n) is 6.01. The highest BCUT2D eigenvalue weighted by Crippen LogP contribution is 2.34. The van der Waals surface area contributed by atoms with Crippen LogP contribution in [-0.2, 0) is 0 Å². The molecule has 3 rings (SSSR count). The molecule has 19 heavy (non-hydrogen) atoms. The summed E-state index contributed by atoms with van der Waals surface area (Å²) in [5.74, 6) is 1.01. The first kappa shape index (κ1) is 13.4. The molecule has 1 N–H and O–H groups in total. The summed E-state index contributed by atoms with van der Waals surface area (Å²) < 4.78 is 1.11. The molecule has 0 aromatic carbocycles. The largest absolute Gasteiger partial charge is 0.366 e. The van der Waals surface area contributed by atoms with Gasteiger partial charge in [-0.3, -0.25) is 0 Å². The van der Waals surface area contributed by atoms with E-state index in [4.69, 9.17) is 0 Å². The molecular weight excluding hydrogens is 302 g/mol. The third-order valence-electron chi connectivity index (χ3n) is 4.76. The third-order valence-corrected chi connectivity index (χ3v) is 5.76. The lowest BCUT2D eigenvalue weighted by molar-refractivity contribution is 0.0608. The molecule has 0 radical (unpaired) electrons. The number of pyridine rings is 1. The summed E-state index contributed by atoms with van der Waals surface area (Å²) >= 11 is 3.64. The van der Waals surface area contributed by atoms with Crippen LogP contribution in [0.4, 0.5) is 5.82 Å². The van der Waals surface area contributed by atoms with Crippen molar-refractivity contribution < 1.29 is 0 Å². The van der Waals surface area contributed by atoms with Crippen molar-refractivity contribution in [1.29, 1.82) is 0 Å². The average molecular weight is 324 g/mol. The molecule has 2 aliphatic rings. The summed E-state index contributed by atoms with van der Waals surface area (Å²) in [6, 6.07) is 4.12. The zero-order valence-electron chi connectivity index (χ0n) is 11.7. The number of halogens is 1. The number of hydrogen-bond donors (Lipinski definition) is 1. The predicted molar refractivity (Wildman–Crippen MR) is 82.5 cm³/mol. The molecule has 0 spiro atoms. The molecule has 0 amide bonds. The van der Waals surface area contributed by atoms with E-state index in [-0.39, 0.29) is 0 Å². The maximum atomic E-state index is 4.47. The van der Waals surface area contributed by atoms with E-state index in [0.29, 0.717) is 6.04 Å². The highest BCUT2D eigenvalue weighted by Gasteiger charge is 2.36. The van der Waals surface area contributed by atoms with Crippen LogP contribution in [0.15, 0.2) is 16.7 Å². The fourth-order valence-electron chi connectivity index (χ4n) is 3.57. The van der Waals surface area contributed by atoms with Crippen LogP contribution in [-0.4, -0.2) is 35.1 Å². The lowest BCUT2D eigenvalue weighted by Gasteiger charge is -2.47. The Morgan fingerprint density at radius 1 is 1.32 bits per heavy atom. The van der Waals surface area contributed by atoms with Gasteiger partial charge in [0, 0.05) is 24.3 Å². The van der Waals surface area contributed by atoms with Gasteiger partial charge in [-0.2, -0.15) is 0 Å². The number of nitrogens with one attached hydrogen (secondary N) is 1. The predicted octanol–water partition coefficient (Wildman–Crippen LogP) is 3.58. The van der Waals surface area contributed by atoms with Crippen molar-refractivity contribution in [2.75, 3.05) is 12.4 Å². The minimum Gasteiger partial charge on any atom is -0.366 e. The van der Waals surface area contributed by atoms with Gasteiger partial charge in [-0.15, -0.1) is 0 Å². The molecular formula is C15H22BrN3. The van der Waals surface area contributed by atoms with Crippen molar-refractivity contribution in [2.45, 2.75) is 57.2 Å². The van der Waals surface area contributed by atoms with Gasteiger partial charge in [-0.25, -0.2) is 4.98 Å². The Morgan fingerprint density at radius 3 is 2.68 bits per heavy atom. The zero-order valence-corrected chi connectivity index (χ0v) is 13.3. The summed E-state index contributed by atoms with van der Waals surface area (Å²) in [4.78, 5) is 7.07. The van der Waals surface area contributed by atoms with Gasteiger partial charge in [0.1, 0.15) is 5.82 Å². The standard InChI is InChI=1S/C15H22BrN3/c1-10-6-7-17-15(14(10)16)18-11-8-12-4-3-5-13(9-11)19(12)2/h6-7,11-13H,3-5,8-9H2,1-2H3,(H,17,18). The topological polar surface area (TPSA) is 28.2 Å². The van der Waals surface area contributed by atoms with Crippen LogP contribution in [0.5, 0.6) is 0 Å². The monoisotopic (exact) mass is 323 g/mol. The van der Waals surface area contributed by atoms with Crippen LogP contribution in [0.1, 0.15) is 37.7 Å². The second-order valence-corrected chi connectivity index (χ2v) is 6.80. The molecule has 2 aliphatic heterocycles. The molecule has 3 nitrogen and oxygen atoms in total. The maximum Gasteiger partial charge on any atom is 0.140 e. The van der Waals surface area contributed by atoms with E-state index in [1.165, 1.54) is 37.7 Å². The van der Waals surface area contributed by atoms with Gasteiger partial charge in [-0.1, -0.05) is 6.42 Å². The summed E-state index contributed by atoms with van der Waals surface area (Å²) in [5, 5.41) is 3.65. The highest BCUT2D eigenvalue weighted by molar-refractivity contribution is 9.10. The lowest BCUT2D eigenvalue weighted by atomic mass is 9.82. The summed E-state index contributed by atoms with van der Waals surface area (Å²) in [6.07, 6.45) is 8.49. The molecule has 2 bridgehead atoms. The van der Waals surface area contributed by atoms with Crippen molar-refractivity contribution in [3.05, 3.63) is 22.3 Å². The molecule has 2 unspecified atom stereocenters.